The van der Waals surface area contributed by atoms with Gasteiger partial charge >= 0.3 is 0 Å². The Morgan fingerprint density at radius 3 is 2.33 bits per heavy atom. The van der Waals surface area contributed by atoms with Gasteiger partial charge in [0, 0.05) is 14.8 Å². The first-order chi connectivity index (χ1) is 9.88. The van der Waals surface area contributed by atoms with Crippen LogP contribution in [0.3, 0.4) is 0 Å². The van der Waals surface area contributed by atoms with E-state index in [4.69, 9.17) is 28.9 Å². The average molecular weight is 435 g/mol. The molecule has 0 aliphatic carbocycles. The van der Waals surface area contributed by atoms with E-state index in [0.29, 0.717) is 16.3 Å². The van der Waals surface area contributed by atoms with E-state index >= 15 is 0 Å². The Hall–Kier alpha value is -1.31. The molecular formula is C14H9Cl2IN2O2. The van der Waals surface area contributed by atoms with Gasteiger partial charge in [0.05, 0.1) is 15.6 Å². The number of hydrogen-bond donors (Lipinski definition) is 2. The summed E-state index contributed by atoms with van der Waals surface area (Å²) < 4.78 is 0.861. The summed E-state index contributed by atoms with van der Waals surface area (Å²) in [5.41, 5.74) is 6.25. The average Bonchev–Trinajstić information content (AvgIpc) is 2.41. The number of carbonyl (C=O) groups is 2. The molecule has 0 radical (unpaired) electrons. The topological polar surface area (TPSA) is 72.2 Å². The van der Waals surface area contributed by atoms with Gasteiger partial charge in [-0.05, 0) is 59.0 Å². The molecule has 2 aromatic carbocycles. The minimum atomic E-state index is -0.623. The standard InChI is InChI=1S/C14H9Cl2IN2O2/c15-10-6-8(2-3-9(10)13(18)20)19-14(21)7-1-4-12(17)11(16)5-7/h1-6H,(H2,18,20)(H,19,21). The highest BCUT2D eigenvalue weighted by Gasteiger charge is 2.11. The molecule has 108 valence electrons. The summed E-state index contributed by atoms with van der Waals surface area (Å²) in [5.74, 6) is -0.946. The summed E-state index contributed by atoms with van der Waals surface area (Å²) in [6, 6.07) is 9.48. The highest BCUT2D eigenvalue weighted by atomic mass is 127. The molecule has 0 atom stereocenters. The second-order valence-electron chi connectivity index (χ2n) is 4.14. The lowest BCUT2D eigenvalue weighted by Crippen LogP contribution is -2.14. The highest BCUT2D eigenvalue weighted by molar-refractivity contribution is 14.1. The zero-order valence-electron chi connectivity index (χ0n) is 10.5. The molecule has 2 amide bonds. The zero-order chi connectivity index (χ0) is 15.6. The Labute approximate surface area is 144 Å². The molecule has 0 aliphatic heterocycles. The predicted molar refractivity (Wildman–Crippen MR) is 92.1 cm³/mol. The van der Waals surface area contributed by atoms with Gasteiger partial charge in [-0.1, -0.05) is 23.2 Å². The lowest BCUT2D eigenvalue weighted by Gasteiger charge is -2.08. The molecular weight excluding hydrogens is 426 g/mol. The van der Waals surface area contributed by atoms with Crippen LogP contribution in [0, 0.1) is 3.57 Å². The quantitative estimate of drug-likeness (QED) is 0.718. The number of hydrogen-bond acceptors (Lipinski definition) is 2. The molecule has 0 heterocycles. The normalized spacial score (nSPS) is 10.2. The number of rotatable bonds is 3. The molecule has 7 heteroatoms. The van der Waals surface area contributed by atoms with Crippen molar-refractivity contribution in [3.8, 4) is 0 Å². The number of halogens is 3. The molecule has 2 aromatic rings. The molecule has 0 saturated carbocycles. The summed E-state index contributed by atoms with van der Waals surface area (Å²) in [6.45, 7) is 0. The summed E-state index contributed by atoms with van der Waals surface area (Å²) in [6.07, 6.45) is 0. The van der Waals surface area contributed by atoms with E-state index in [0.717, 1.165) is 3.57 Å². The van der Waals surface area contributed by atoms with Crippen molar-refractivity contribution in [3.63, 3.8) is 0 Å². The van der Waals surface area contributed by atoms with Crippen LogP contribution in [-0.4, -0.2) is 11.8 Å². The number of nitrogens with one attached hydrogen (secondary N) is 1. The van der Waals surface area contributed by atoms with E-state index in [2.05, 4.69) is 27.9 Å². The first-order valence-corrected chi connectivity index (χ1v) is 7.57. The number of amides is 2. The Balaban J connectivity index is 2.21. The van der Waals surface area contributed by atoms with Crippen molar-refractivity contribution in [1.29, 1.82) is 0 Å². The first-order valence-electron chi connectivity index (χ1n) is 5.74. The van der Waals surface area contributed by atoms with Crippen molar-refractivity contribution >= 4 is 63.3 Å². The maximum absolute atomic E-state index is 12.1. The van der Waals surface area contributed by atoms with Crippen LogP contribution >= 0.6 is 45.8 Å². The maximum atomic E-state index is 12.1. The number of nitrogens with two attached hydrogens (primary N) is 1. The summed E-state index contributed by atoms with van der Waals surface area (Å²) in [4.78, 5) is 23.2. The third-order valence-corrected chi connectivity index (χ3v) is 4.56. The molecule has 3 N–H and O–H groups in total. The Morgan fingerprint density at radius 2 is 1.76 bits per heavy atom. The van der Waals surface area contributed by atoms with Gasteiger partial charge in [-0.25, -0.2) is 0 Å². The number of primary amides is 1. The smallest absolute Gasteiger partial charge is 0.255 e. The zero-order valence-corrected chi connectivity index (χ0v) is 14.2. The van der Waals surface area contributed by atoms with Crippen molar-refractivity contribution in [2.45, 2.75) is 0 Å². The van der Waals surface area contributed by atoms with E-state index in [1.807, 2.05) is 0 Å². The van der Waals surface area contributed by atoms with Gasteiger partial charge in [-0.2, -0.15) is 0 Å². The van der Waals surface area contributed by atoms with Crippen molar-refractivity contribution in [1.82, 2.24) is 0 Å². The van der Waals surface area contributed by atoms with Crippen LogP contribution in [0.15, 0.2) is 36.4 Å². The summed E-state index contributed by atoms with van der Waals surface area (Å²) >= 11 is 14.0. The largest absolute Gasteiger partial charge is 0.366 e. The van der Waals surface area contributed by atoms with Gasteiger partial charge in [0.25, 0.3) is 5.91 Å². The Bertz CT molecular complexity index is 735. The first kappa shape index (κ1) is 16.1. The maximum Gasteiger partial charge on any atom is 0.255 e. The van der Waals surface area contributed by atoms with Crippen molar-refractivity contribution in [2.75, 3.05) is 5.32 Å². The van der Waals surface area contributed by atoms with Gasteiger partial charge < -0.3 is 11.1 Å². The van der Waals surface area contributed by atoms with Crippen molar-refractivity contribution in [2.24, 2.45) is 5.73 Å². The fourth-order valence-corrected chi connectivity index (χ4v) is 2.42. The second-order valence-corrected chi connectivity index (χ2v) is 6.12. The lowest BCUT2D eigenvalue weighted by molar-refractivity contribution is 0.0998. The predicted octanol–water partition coefficient (Wildman–Crippen LogP) is 3.95. The summed E-state index contributed by atoms with van der Waals surface area (Å²) in [5, 5.41) is 3.36. The monoisotopic (exact) mass is 434 g/mol. The molecule has 0 spiro atoms. The third-order valence-electron chi connectivity index (χ3n) is 2.67. The fourth-order valence-electron chi connectivity index (χ4n) is 1.63. The minimum absolute atomic E-state index is 0.181. The third kappa shape index (κ3) is 3.87. The van der Waals surface area contributed by atoms with Crippen molar-refractivity contribution in [3.05, 3.63) is 61.1 Å². The van der Waals surface area contributed by atoms with Crippen LogP contribution < -0.4 is 11.1 Å². The SMILES string of the molecule is NC(=O)c1ccc(NC(=O)c2ccc(I)c(Cl)c2)cc1Cl. The molecule has 0 bridgehead atoms. The van der Waals surface area contributed by atoms with Crippen LogP contribution in [0.1, 0.15) is 20.7 Å². The van der Waals surface area contributed by atoms with Crippen molar-refractivity contribution < 1.29 is 9.59 Å². The highest BCUT2D eigenvalue weighted by Crippen LogP contribution is 2.23. The van der Waals surface area contributed by atoms with Crippen LogP contribution in [0.25, 0.3) is 0 Å². The van der Waals surface area contributed by atoms with E-state index in [9.17, 15) is 9.59 Å². The molecule has 0 fully saturated rings. The lowest BCUT2D eigenvalue weighted by atomic mass is 10.1. The molecule has 0 aliphatic rings. The molecule has 2 rings (SSSR count). The van der Waals surface area contributed by atoms with E-state index in [1.54, 1.807) is 24.3 Å². The van der Waals surface area contributed by atoms with Gasteiger partial charge in [-0.3, -0.25) is 9.59 Å². The number of anilines is 1. The number of benzene rings is 2. The van der Waals surface area contributed by atoms with Crippen LogP contribution in [0.4, 0.5) is 5.69 Å². The molecule has 4 nitrogen and oxygen atoms in total. The van der Waals surface area contributed by atoms with Crippen LogP contribution in [0.5, 0.6) is 0 Å². The van der Waals surface area contributed by atoms with E-state index in [1.165, 1.54) is 12.1 Å². The molecule has 0 saturated heterocycles. The Morgan fingerprint density at radius 1 is 1.05 bits per heavy atom. The van der Waals surface area contributed by atoms with Gasteiger partial charge in [-0.15, -0.1) is 0 Å². The fraction of sp³-hybridized carbons (Fsp3) is 0. The van der Waals surface area contributed by atoms with Gasteiger partial charge in [0.15, 0.2) is 0 Å². The van der Waals surface area contributed by atoms with E-state index in [-0.39, 0.29) is 16.5 Å². The van der Waals surface area contributed by atoms with E-state index < -0.39 is 5.91 Å². The summed E-state index contributed by atoms with van der Waals surface area (Å²) in [7, 11) is 0. The molecule has 0 unspecified atom stereocenters. The van der Waals surface area contributed by atoms with Crippen LogP contribution in [-0.2, 0) is 0 Å². The second kappa shape index (κ2) is 6.64. The van der Waals surface area contributed by atoms with Gasteiger partial charge in [0.2, 0.25) is 5.91 Å². The molecule has 0 aromatic heterocycles. The Kier molecular flexibility index (Phi) is 5.08. The van der Waals surface area contributed by atoms with Crippen LogP contribution in [0.2, 0.25) is 10.0 Å². The number of carbonyl (C=O) groups excluding carboxylic acids is 2. The molecule has 21 heavy (non-hydrogen) atoms. The minimum Gasteiger partial charge on any atom is -0.366 e. The van der Waals surface area contributed by atoms with Gasteiger partial charge in [0.1, 0.15) is 0 Å².